The third-order valence-electron chi connectivity index (χ3n) is 4.81. The number of ether oxygens (including phenoxy) is 1. The number of hydrogen-bond acceptors (Lipinski definition) is 3. The van der Waals surface area contributed by atoms with Gasteiger partial charge >= 0.3 is 0 Å². The molecule has 1 saturated carbocycles. The Bertz CT molecular complexity index is 241. The summed E-state index contributed by atoms with van der Waals surface area (Å²) in [6, 6.07) is 0.687. The Morgan fingerprint density at radius 3 is 2.68 bits per heavy atom. The fourth-order valence-electron chi connectivity index (χ4n) is 3.71. The van der Waals surface area contributed by atoms with Gasteiger partial charge < -0.3 is 10.1 Å². The molecule has 2 atom stereocenters. The molecule has 112 valence electrons. The van der Waals surface area contributed by atoms with Gasteiger partial charge in [-0.1, -0.05) is 19.8 Å². The predicted octanol–water partition coefficient (Wildman–Crippen LogP) is 2.66. The summed E-state index contributed by atoms with van der Waals surface area (Å²) in [5.74, 6) is 0.905. The molecule has 2 unspecified atom stereocenters. The summed E-state index contributed by atoms with van der Waals surface area (Å²) in [5, 5.41) is 3.57. The van der Waals surface area contributed by atoms with E-state index < -0.39 is 0 Å². The van der Waals surface area contributed by atoms with E-state index in [9.17, 15) is 0 Å². The summed E-state index contributed by atoms with van der Waals surface area (Å²) in [5.41, 5.74) is 0. The van der Waals surface area contributed by atoms with Gasteiger partial charge in [-0.3, -0.25) is 4.90 Å². The van der Waals surface area contributed by atoms with E-state index >= 15 is 0 Å². The number of likely N-dealkylation sites (tertiary alicyclic amines) is 1. The van der Waals surface area contributed by atoms with Gasteiger partial charge in [-0.05, 0) is 51.6 Å². The minimum atomic E-state index is 0.481. The molecule has 2 aliphatic rings. The average Bonchev–Trinajstić information content (AvgIpc) is 2.97. The second-order valence-corrected chi connectivity index (χ2v) is 6.33. The Hall–Kier alpha value is -0.120. The van der Waals surface area contributed by atoms with E-state index in [0.717, 1.165) is 25.5 Å². The van der Waals surface area contributed by atoms with Crippen LogP contribution >= 0.6 is 0 Å². The molecule has 0 radical (unpaired) electrons. The first-order valence-corrected chi connectivity index (χ1v) is 8.34. The zero-order valence-electron chi connectivity index (χ0n) is 12.9. The van der Waals surface area contributed by atoms with Crippen molar-refractivity contribution in [3.05, 3.63) is 0 Å². The molecule has 1 aliphatic heterocycles. The van der Waals surface area contributed by atoms with E-state index in [0.29, 0.717) is 12.1 Å². The van der Waals surface area contributed by atoms with Crippen LogP contribution < -0.4 is 5.32 Å². The standard InChI is InChI=1S/C16H32N2O/c1-3-11-19-15-9-6-10-18(12-15)13-16(17-2)14-7-4-5-8-14/h14-17H,3-13H2,1-2H3. The highest BCUT2D eigenvalue weighted by molar-refractivity contribution is 4.84. The summed E-state index contributed by atoms with van der Waals surface area (Å²) in [7, 11) is 2.14. The molecule has 1 heterocycles. The minimum absolute atomic E-state index is 0.481. The summed E-state index contributed by atoms with van der Waals surface area (Å²) in [6.45, 7) is 6.74. The normalized spacial score (nSPS) is 27.8. The van der Waals surface area contributed by atoms with Crippen molar-refractivity contribution in [2.75, 3.05) is 33.3 Å². The zero-order chi connectivity index (χ0) is 13.5. The number of nitrogens with one attached hydrogen (secondary N) is 1. The molecule has 3 heteroatoms. The van der Waals surface area contributed by atoms with Crippen LogP contribution in [0.4, 0.5) is 0 Å². The number of likely N-dealkylation sites (N-methyl/N-ethyl adjacent to an activating group) is 1. The molecule has 3 nitrogen and oxygen atoms in total. The average molecular weight is 268 g/mol. The zero-order valence-corrected chi connectivity index (χ0v) is 12.9. The number of piperidine rings is 1. The molecule has 1 saturated heterocycles. The van der Waals surface area contributed by atoms with Crippen molar-refractivity contribution in [1.29, 1.82) is 0 Å². The summed E-state index contributed by atoms with van der Waals surface area (Å²) >= 11 is 0. The fraction of sp³-hybridized carbons (Fsp3) is 1.00. The molecule has 0 spiro atoms. The number of rotatable bonds is 7. The largest absolute Gasteiger partial charge is 0.377 e. The highest BCUT2D eigenvalue weighted by Crippen LogP contribution is 2.28. The lowest BCUT2D eigenvalue weighted by Gasteiger charge is -2.36. The van der Waals surface area contributed by atoms with Gasteiger partial charge in [0.25, 0.3) is 0 Å². The van der Waals surface area contributed by atoms with Gasteiger partial charge in [0.05, 0.1) is 6.10 Å². The van der Waals surface area contributed by atoms with Gasteiger partial charge in [-0.2, -0.15) is 0 Å². The first-order valence-electron chi connectivity index (χ1n) is 8.34. The van der Waals surface area contributed by atoms with Crippen LogP contribution in [0.3, 0.4) is 0 Å². The summed E-state index contributed by atoms with van der Waals surface area (Å²) < 4.78 is 5.94. The lowest BCUT2D eigenvalue weighted by molar-refractivity contribution is -0.00366. The Kier molecular flexibility index (Phi) is 6.62. The van der Waals surface area contributed by atoms with Crippen LogP contribution in [0, 0.1) is 5.92 Å². The molecule has 2 rings (SSSR count). The second-order valence-electron chi connectivity index (χ2n) is 6.33. The third-order valence-corrected chi connectivity index (χ3v) is 4.81. The van der Waals surface area contributed by atoms with Gasteiger partial charge in [-0.15, -0.1) is 0 Å². The van der Waals surface area contributed by atoms with Crippen molar-refractivity contribution < 1.29 is 4.74 Å². The van der Waals surface area contributed by atoms with Crippen LogP contribution in [-0.4, -0.2) is 50.3 Å². The minimum Gasteiger partial charge on any atom is -0.377 e. The van der Waals surface area contributed by atoms with Crippen LogP contribution in [0.25, 0.3) is 0 Å². The number of hydrogen-bond donors (Lipinski definition) is 1. The molecule has 2 fully saturated rings. The topological polar surface area (TPSA) is 24.5 Å². The lowest BCUT2D eigenvalue weighted by atomic mass is 9.96. The molecular weight excluding hydrogens is 236 g/mol. The first-order chi connectivity index (χ1) is 9.33. The lowest BCUT2D eigenvalue weighted by Crippen LogP contribution is -2.48. The predicted molar refractivity (Wildman–Crippen MR) is 80.5 cm³/mol. The SMILES string of the molecule is CCCOC1CCCN(CC(NC)C2CCCC2)C1. The quantitative estimate of drug-likeness (QED) is 0.768. The number of nitrogens with zero attached hydrogens (tertiary/aromatic N) is 1. The maximum Gasteiger partial charge on any atom is 0.0702 e. The van der Waals surface area contributed by atoms with E-state index in [1.807, 2.05) is 0 Å². The van der Waals surface area contributed by atoms with Crippen molar-refractivity contribution in [3.63, 3.8) is 0 Å². The monoisotopic (exact) mass is 268 g/mol. The molecule has 0 aromatic carbocycles. The molecular formula is C16H32N2O. The van der Waals surface area contributed by atoms with Crippen LogP contribution in [0.5, 0.6) is 0 Å². The Morgan fingerprint density at radius 2 is 2.00 bits per heavy atom. The van der Waals surface area contributed by atoms with Crippen LogP contribution in [0.15, 0.2) is 0 Å². The molecule has 1 aliphatic carbocycles. The molecule has 0 aromatic rings. The molecule has 0 amide bonds. The Balaban J connectivity index is 1.76. The molecule has 0 bridgehead atoms. The summed E-state index contributed by atoms with van der Waals surface area (Å²) in [4.78, 5) is 2.63. The third kappa shape index (κ3) is 4.73. The summed E-state index contributed by atoms with van der Waals surface area (Å²) in [6.07, 6.45) is 9.90. The van der Waals surface area contributed by atoms with Crippen molar-refractivity contribution in [2.24, 2.45) is 5.92 Å². The van der Waals surface area contributed by atoms with Crippen molar-refractivity contribution in [1.82, 2.24) is 10.2 Å². The Morgan fingerprint density at radius 1 is 1.21 bits per heavy atom. The van der Waals surface area contributed by atoms with E-state index in [-0.39, 0.29) is 0 Å². The van der Waals surface area contributed by atoms with E-state index in [1.54, 1.807) is 0 Å². The van der Waals surface area contributed by atoms with Crippen molar-refractivity contribution in [3.8, 4) is 0 Å². The molecule has 0 aromatic heterocycles. The van der Waals surface area contributed by atoms with Crippen molar-refractivity contribution >= 4 is 0 Å². The van der Waals surface area contributed by atoms with Crippen LogP contribution in [0.2, 0.25) is 0 Å². The highest BCUT2D eigenvalue weighted by Gasteiger charge is 2.28. The van der Waals surface area contributed by atoms with E-state index in [4.69, 9.17) is 4.74 Å². The van der Waals surface area contributed by atoms with Crippen LogP contribution in [-0.2, 0) is 4.74 Å². The van der Waals surface area contributed by atoms with Gasteiger partial charge in [0, 0.05) is 25.7 Å². The van der Waals surface area contributed by atoms with Gasteiger partial charge in [0.15, 0.2) is 0 Å². The Labute approximate surface area is 119 Å². The van der Waals surface area contributed by atoms with Crippen molar-refractivity contribution in [2.45, 2.75) is 64.0 Å². The van der Waals surface area contributed by atoms with E-state index in [1.165, 1.54) is 51.6 Å². The fourth-order valence-corrected chi connectivity index (χ4v) is 3.71. The molecule has 1 N–H and O–H groups in total. The molecule has 19 heavy (non-hydrogen) atoms. The first kappa shape index (κ1) is 15.3. The van der Waals surface area contributed by atoms with E-state index in [2.05, 4.69) is 24.2 Å². The second kappa shape index (κ2) is 8.23. The van der Waals surface area contributed by atoms with Crippen LogP contribution in [0.1, 0.15) is 51.9 Å². The van der Waals surface area contributed by atoms with Gasteiger partial charge in [-0.25, -0.2) is 0 Å². The highest BCUT2D eigenvalue weighted by atomic mass is 16.5. The van der Waals surface area contributed by atoms with Gasteiger partial charge in [0.2, 0.25) is 0 Å². The smallest absolute Gasteiger partial charge is 0.0702 e. The maximum absolute atomic E-state index is 5.94. The maximum atomic E-state index is 5.94. The van der Waals surface area contributed by atoms with Gasteiger partial charge in [0.1, 0.15) is 0 Å².